The molecule has 0 amide bonds. The number of methoxy groups -OCH3 is 1. The predicted octanol–water partition coefficient (Wildman–Crippen LogP) is 1.51. The minimum Gasteiger partial charge on any atom is -0.383 e. The van der Waals surface area contributed by atoms with E-state index in [1.165, 1.54) is 12.8 Å². The second kappa shape index (κ2) is 5.07. The van der Waals surface area contributed by atoms with E-state index in [-0.39, 0.29) is 0 Å². The van der Waals surface area contributed by atoms with E-state index in [0.717, 1.165) is 18.6 Å². The fourth-order valence-electron chi connectivity index (χ4n) is 1.70. The van der Waals surface area contributed by atoms with Gasteiger partial charge in [0.1, 0.15) is 5.82 Å². The van der Waals surface area contributed by atoms with Crippen molar-refractivity contribution >= 4 is 12.1 Å². The maximum atomic E-state index is 10.5. The molecule has 16 heavy (non-hydrogen) atoms. The number of rotatable bonds is 6. The van der Waals surface area contributed by atoms with Gasteiger partial charge < -0.3 is 9.64 Å². The molecule has 1 aromatic heterocycles. The second-order valence-electron chi connectivity index (χ2n) is 3.98. The normalized spacial score (nSPS) is 14.8. The van der Waals surface area contributed by atoms with Gasteiger partial charge in [-0.25, -0.2) is 4.98 Å². The van der Waals surface area contributed by atoms with Crippen LogP contribution in [0.3, 0.4) is 0 Å². The molecule has 1 saturated carbocycles. The highest BCUT2D eigenvalue weighted by Gasteiger charge is 2.29. The Kier molecular flexibility index (Phi) is 3.51. The number of aromatic nitrogens is 1. The summed E-state index contributed by atoms with van der Waals surface area (Å²) in [6.07, 6.45) is 4.87. The number of nitrogens with zero attached hydrogens (tertiary/aromatic N) is 2. The van der Waals surface area contributed by atoms with Gasteiger partial charge in [0.15, 0.2) is 6.29 Å². The zero-order valence-electron chi connectivity index (χ0n) is 9.43. The van der Waals surface area contributed by atoms with Gasteiger partial charge in [-0.05, 0) is 25.0 Å². The lowest BCUT2D eigenvalue weighted by atomic mass is 10.3. The monoisotopic (exact) mass is 220 g/mol. The summed E-state index contributed by atoms with van der Waals surface area (Å²) < 4.78 is 5.09. The molecule has 1 heterocycles. The van der Waals surface area contributed by atoms with E-state index in [1.807, 2.05) is 6.07 Å². The molecule has 4 heteroatoms. The molecule has 0 saturated heterocycles. The Morgan fingerprint density at radius 2 is 2.38 bits per heavy atom. The highest BCUT2D eigenvalue weighted by Crippen LogP contribution is 2.30. The van der Waals surface area contributed by atoms with Crippen LogP contribution in [-0.2, 0) is 4.74 Å². The molecular formula is C12H16N2O2. The van der Waals surface area contributed by atoms with E-state index >= 15 is 0 Å². The first-order valence-corrected chi connectivity index (χ1v) is 5.52. The Hall–Kier alpha value is -1.42. The third kappa shape index (κ3) is 2.58. The summed E-state index contributed by atoms with van der Waals surface area (Å²) >= 11 is 0. The minimum absolute atomic E-state index is 0.602. The van der Waals surface area contributed by atoms with Crippen molar-refractivity contribution in [1.29, 1.82) is 0 Å². The molecule has 0 bridgehead atoms. The van der Waals surface area contributed by atoms with Crippen molar-refractivity contribution in [3.63, 3.8) is 0 Å². The van der Waals surface area contributed by atoms with Gasteiger partial charge in [-0.1, -0.05) is 0 Å². The lowest BCUT2D eigenvalue weighted by Gasteiger charge is -2.22. The summed E-state index contributed by atoms with van der Waals surface area (Å²) in [5, 5.41) is 0. The van der Waals surface area contributed by atoms with Crippen LogP contribution in [0.5, 0.6) is 0 Å². The van der Waals surface area contributed by atoms with E-state index in [9.17, 15) is 4.79 Å². The zero-order valence-corrected chi connectivity index (χ0v) is 9.43. The molecule has 0 atom stereocenters. The van der Waals surface area contributed by atoms with Crippen molar-refractivity contribution in [2.45, 2.75) is 18.9 Å². The number of anilines is 1. The standard InChI is InChI=1S/C12H16N2O2/c1-16-7-6-14(11-3-4-11)12-5-2-10(9-15)8-13-12/h2,5,8-9,11H,3-4,6-7H2,1H3. The molecule has 0 radical (unpaired) electrons. The largest absolute Gasteiger partial charge is 0.383 e. The summed E-state index contributed by atoms with van der Waals surface area (Å²) in [7, 11) is 1.70. The topological polar surface area (TPSA) is 42.4 Å². The van der Waals surface area contributed by atoms with E-state index < -0.39 is 0 Å². The predicted molar refractivity (Wildman–Crippen MR) is 61.9 cm³/mol. The first kappa shape index (κ1) is 11.1. The van der Waals surface area contributed by atoms with Gasteiger partial charge >= 0.3 is 0 Å². The SMILES string of the molecule is COCCN(c1ccc(C=O)cn1)C1CC1. The Morgan fingerprint density at radius 1 is 1.56 bits per heavy atom. The number of carbonyl (C=O) groups is 1. The minimum atomic E-state index is 0.602. The molecule has 1 aromatic rings. The first-order valence-electron chi connectivity index (χ1n) is 5.52. The molecule has 0 N–H and O–H groups in total. The number of pyridine rings is 1. The van der Waals surface area contributed by atoms with Crippen molar-refractivity contribution in [2.24, 2.45) is 0 Å². The van der Waals surface area contributed by atoms with Crippen molar-refractivity contribution in [1.82, 2.24) is 4.98 Å². The van der Waals surface area contributed by atoms with Crippen molar-refractivity contribution in [3.8, 4) is 0 Å². The Labute approximate surface area is 95.2 Å². The average Bonchev–Trinajstić information content (AvgIpc) is 3.15. The Morgan fingerprint density at radius 3 is 2.88 bits per heavy atom. The van der Waals surface area contributed by atoms with Gasteiger partial charge in [-0.2, -0.15) is 0 Å². The molecule has 1 aliphatic carbocycles. The van der Waals surface area contributed by atoms with Gasteiger partial charge in [-0.15, -0.1) is 0 Å². The van der Waals surface area contributed by atoms with E-state index in [4.69, 9.17) is 4.74 Å². The summed E-state index contributed by atoms with van der Waals surface area (Å²) in [6.45, 7) is 1.56. The molecule has 1 aliphatic rings. The van der Waals surface area contributed by atoms with Crippen LogP contribution >= 0.6 is 0 Å². The Bertz CT molecular complexity index is 347. The van der Waals surface area contributed by atoms with Crippen molar-refractivity contribution < 1.29 is 9.53 Å². The molecular weight excluding hydrogens is 204 g/mol. The number of aldehydes is 1. The van der Waals surface area contributed by atoms with Gasteiger partial charge in [0, 0.05) is 31.5 Å². The van der Waals surface area contributed by atoms with Crippen LogP contribution < -0.4 is 4.90 Å². The van der Waals surface area contributed by atoms with Crippen LogP contribution in [-0.4, -0.2) is 37.6 Å². The smallest absolute Gasteiger partial charge is 0.151 e. The molecule has 0 unspecified atom stereocenters. The number of carbonyl (C=O) groups excluding carboxylic acids is 1. The third-order valence-electron chi connectivity index (χ3n) is 2.73. The average molecular weight is 220 g/mol. The molecule has 0 spiro atoms. The summed E-state index contributed by atoms with van der Waals surface area (Å²) in [4.78, 5) is 17.1. The fraction of sp³-hybridized carbons (Fsp3) is 0.500. The number of hydrogen-bond acceptors (Lipinski definition) is 4. The van der Waals surface area contributed by atoms with Gasteiger partial charge in [-0.3, -0.25) is 4.79 Å². The van der Waals surface area contributed by atoms with Gasteiger partial charge in [0.05, 0.1) is 6.61 Å². The summed E-state index contributed by atoms with van der Waals surface area (Å²) in [6, 6.07) is 4.31. The summed E-state index contributed by atoms with van der Waals surface area (Å²) in [5.74, 6) is 0.935. The van der Waals surface area contributed by atoms with Crippen LogP contribution in [0.2, 0.25) is 0 Å². The van der Waals surface area contributed by atoms with Crippen LogP contribution in [0, 0.1) is 0 Å². The molecule has 0 aromatic carbocycles. The fourth-order valence-corrected chi connectivity index (χ4v) is 1.70. The first-order chi connectivity index (χ1) is 7.85. The lowest BCUT2D eigenvalue weighted by molar-refractivity contribution is 0.112. The van der Waals surface area contributed by atoms with Crippen LogP contribution in [0.15, 0.2) is 18.3 Å². The highest BCUT2D eigenvalue weighted by atomic mass is 16.5. The quantitative estimate of drug-likeness (QED) is 0.681. The Balaban J connectivity index is 2.08. The summed E-state index contributed by atoms with van der Waals surface area (Å²) in [5.41, 5.74) is 0.617. The van der Waals surface area contributed by atoms with Crippen LogP contribution in [0.1, 0.15) is 23.2 Å². The third-order valence-corrected chi connectivity index (χ3v) is 2.73. The second-order valence-corrected chi connectivity index (χ2v) is 3.98. The maximum Gasteiger partial charge on any atom is 0.151 e. The molecule has 4 nitrogen and oxygen atoms in total. The van der Waals surface area contributed by atoms with E-state index in [2.05, 4.69) is 9.88 Å². The molecule has 1 fully saturated rings. The molecule has 0 aliphatic heterocycles. The molecule has 86 valence electrons. The lowest BCUT2D eigenvalue weighted by Crippen LogP contribution is -2.30. The van der Waals surface area contributed by atoms with Crippen molar-refractivity contribution in [2.75, 3.05) is 25.2 Å². The highest BCUT2D eigenvalue weighted by molar-refractivity contribution is 5.74. The number of ether oxygens (including phenoxy) is 1. The number of hydrogen-bond donors (Lipinski definition) is 0. The zero-order chi connectivity index (χ0) is 11.4. The maximum absolute atomic E-state index is 10.5. The van der Waals surface area contributed by atoms with E-state index in [0.29, 0.717) is 18.2 Å². The van der Waals surface area contributed by atoms with Crippen LogP contribution in [0.4, 0.5) is 5.82 Å². The van der Waals surface area contributed by atoms with E-state index in [1.54, 1.807) is 19.4 Å². The van der Waals surface area contributed by atoms with Gasteiger partial charge in [0.2, 0.25) is 0 Å². The molecule has 2 rings (SSSR count). The van der Waals surface area contributed by atoms with Gasteiger partial charge in [0.25, 0.3) is 0 Å². The van der Waals surface area contributed by atoms with Crippen LogP contribution in [0.25, 0.3) is 0 Å². The van der Waals surface area contributed by atoms with Crippen molar-refractivity contribution in [3.05, 3.63) is 23.9 Å².